The van der Waals surface area contributed by atoms with Crippen molar-refractivity contribution in [2.75, 3.05) is 6.54 Å². The van der Waals surface area contributed by atoms with Crippen molar-refractivity contribution in [2.24, 2.45) is 0 Å². The van der Waals surface area contributed by atoms with Gasteiger partial charge in [0.15, 0.2) is 0 Å². The summed E-state index contributed by atoms with van der Waals surface area (Å²) in [6.45, 7) is 5.29. The lowest BCUT2D eigenvalue weighted by atomic mass is 10.1. The molecule has 25 heavy (non-hydrogen) atoms. The summed E-state index contributed by atoms with van der Waals surface area (Å²) in [5, 5.41) is 0. The van der Waals surface area contributed by atoms with Crippen LogP contribution in [0, 0.1) is 0 Å². The molecule has 0 saturated carbocycles. The standard InChI is InChI=1S/C18H20N6O/c1-2-24-12-20-9-14(24)10-23-8-5-16-15(11-23)18(25)22-17(21-16)13-3-6-19-7-4-13/h3-4,6-7,9,12H,2,5,8,10-11H2,1H3,(H,21,22,25). The van der Waals surface area contributed by atoms with E-state index in [1.807, 2.05) is 24.7 Å². The molecule has 0 spiro atoms. The molecule has 7 heteroatoms. The number of fused-ring (bicyclic) bond motifs is 1. The summed E-state index contributed by atoms with van der Waals surface area (Å²) < 4.78 is 2.13. The van der Waals surface area contributed by atoms with Crippen LogP contribution in [0.4, 0.5) is 0 Å². The molecule has 0 atom stereocenters. The number of aromatic nitrogens is 5. The molecular formula is C18H20N6O. The van der Waals surface area contributed by atoms with Crippen molar-refractivity contribution in [3.63, 3.8) is 0 Å². The molecule has 7 nitrogen and oxygen atoms in total. The minimum absolute atomic E-state index is 0.0505. The van der Waals surface area contributed by atoms with Crippen LogP contribution in [0.15, 0.2) is 41.8 Å². The minimum atomic E-state index is -0.0505. The zero-order valence-electron chi connectivity index (χ0n) is 14.1. The predicted molar refractivity (Wildman–Crippen MR) is 93.8 cm³/mol. The summed E-state index contributed by atoms with van der Waals surface area (Å²) in [7, 11) is 0. The molecule has 0 fully saturated rings. The van der Waals surface area contributed by atoms with Crippen molar-refractivity contribution < 1.29 is 0 Å². The second kappa shape index (κ2) is 6.60. The van der Waals surface area contributed by atoms with Gasteiger partial charge in [-0.25, -0.2) is 9.97 Å². The Hall–Kier alpha value is -2.80. The molecule has 4 rings (SSSR count). The highest BCUT2D eigenvalue weighted by molar-refractivity contribution is 5.54. The quantitative estimate of drug-likeness (QED) is 0.783. The highest BCUT2D eigenvalue weighted by Gasteiger charge is 2.22. The fraction of sp³-hybridized carbons (Fsp3) is 0.333. The van der Waals surface area contributed by atoms with Crippen molar-refractivity contribution in [1.82, 2.24) is 29.4 Å². The molecule has 0 aliphatic carbocycles. The second-order valence-corrected chi connectivity index (χ2v) is 6.21. The third-order valence-electron chi connectivity index (χ3n) is 4.63. The first-order chi connectivity index (χ1) is 12.2. The smallest absolute Gasteiger partial charge is 0.255 e. The van der Waals surface area contributed by atoms with Crippen LogP contribution in [0.5, 0.6) is 0 Å². The fourth-order valence-electron chi connectivity index (χ4n) is 3.26. The first-order valence-electron chi connectivity index (χ1n) is 8.48. The number of aryl methyl sites for hydroxylation is 1. The average Bonchev–Trinajstić information content (AvgIpc) is 3.10. The van der Waals surface area contributed by atoms with Crippen LogP contribution < -0.4 is 5.56 Å². The van der Waals surface area contributed by atoms with Crippen molar-refractivity contribution in [3.05, 3.63) is 64.4 Å². The molecule has 0 unspecified atom stereocenters. The molecule has 3 aromatic rings. The van der Waals surface area contributed by atoms with Crippen molar-refractivity contribution >= 4 is 0 Å². The minimum Gasteiger partial charge on any atom is -0.334 e. The van der Waals surface area contributed by atoms with E-state index in [9.17, 15) is 4.79 Å². The number of rotatable bonds is 4. The monoisotopic (exact) mass is 336 g/mol. The van der Waals surface area contributed by atoms with Gasteiger partial charge >= 0.3 is 0 Å². The maximum absolute atomic E-state index is 12.6. The lowest BCUT2D eigenvalue weighted by Gasteiger charge is -2.27. The Morgan fingerprint density at radius 1 is 1.24 bits per heavy atom. The van der Waals surface area contributed by atoms with Crippen molar-refractivity contribution in [1.29, 1.82) is 0 Å². The first-order valence-corrected chi connectivity index (χ1v) is 8.48. The number of nitrogens with zero attached hydrogens (tertiary/aromatic N) is 5. The van der Waals surface area contributed by atoms with Gasteiger partial charge in [0.1, 0.15) is 5.82 Å². The lowest BCUT2D eigenvalue weighted by molar-refractivity contribution is 0.236. The summed E-state index contributed by atoms with van der Waals surface area (Å²) in [5.74, 6) is 0.614. The van der Waals surface area contributed by atoms with Gasteiger partial charge in [-0.2, -0.15) is 0 Å². The van der Waals surface area contributed by atoms with E-state index in [0.29, 0.717) is 12.4 Å². The van der Waals surface area contributed by atoms with E-state index in [0.717, 1.165) is 42.9 Å². The molecule has 0 amide bonds. The predicted octanol–water partition coefficient (Wildman–Crippen LogP) is 1.61. The van der Waals surface area contributed by atoms with Gasteiger partial charge in [-0.05, 0) is 19.1 Å². The molecular weight excluding hydrogens is 316 g/mol. The molecule has 0 bridgehead atoms. The Labute approximate surface area is 145 Å². The number of nitrogens with one attached hydrogen (secondary N) is 1. The van der Waals surface area contributed by atoms with E-state index in [-0.39, 0.29) is 5.56 Å². The van der Waals surface area contributed by atoms with Gasteiger partial charge in [0.2, 0.25) is 0 Å². The van der Waals surface area contributed by atoms with Gasteiger partial charge in [0.25, 0.3) is 5.56 Å². The SMILES string of the molecule is CCn1cncc1CN1CCc2nc(-c3ccncc3)[nH]c(=O)c2C1. The normalized spacial score (nSPS) is 14.4. The van der Waals surface area contributed by atoms with Gasteiger partial charge in [0, 0.05) is 56.8 Å². The maximum atomic E-state index is 12.6. The van der Waals surface area contributed by atoms with E-state index < -0.39 is 0 Å². The van der Waals surface area contributed by atoms with E-state index in [2.05, 4.69) is 36.3 Å². The van der Waals surface area contributed by atoms with E-state index in [4.69, 9.17) is 0 Å². The number of imidazole rings is 1. The fourth-order valence-corrected chi connectivity index (χ4v) is 3.26. The van der Waals surface area contributed by atoms with Crippen LogP contribution in [-0.4, -0.2) is 35.9 Å². The zero-order chi connectivity index (χ0) is 17.2. The van der Waals surface area contributed by atoms with Gasteiger partial charge in [0.05, 0.1) is 23.3 Å². The van der Waals surface area contributed by atoms with Crippen LogP contribution in [0.3, 0.4) is 0 Å². The topological polar surface area (TPSA) is 79.7 Å². The summed E-state index contributed by atoms with van der Waals surface area (Å²) in [4.78, 5) is 30.7. The zero-order valence-corrected chi connectivity index (χ0v) is 14.1. The molecule has 1 aliphatic heterocycles. The number of aromatic amines is 1. The average molecular weight is 336 g/mol. The summed E-state index contributed by atoms with van der Waals surface area (Å²) in [6.07, 6.45) is 7.93. The van der Waals surface area contributed by atoms with Gasteiger partial charge in [-0.1, -0.05) is 0 Å². The van der Waals surface area contributed by atoms with Crippen LogP contribution in [0.25, 0.3) is 11.4 Å². The highest BCUT2D eigenvalue weighted by atomic mass is 16.1. The van der Waals surface area contributed by atoms with Crippen molar-refractivity contribution in [3.8, 4) is 11.4 Å². The number of pyridine rings is 1. The summed E-state index contributed by atoms with van der Waals surface area (Å²) >= 11 is 0. The lowest BCUT2D eigenvalue weighted by Crippen LogP contribution is -2.35. The summed E-state index contributed by atoms with van der Waals surface area (Å²) in [6, 6.07) is 3.71. The third kappa shape index (κ3) is 3.10. The molecule has 4 heterocycles. The van der Waals surface area contributed by atoms with E-state index in [1.54, 1.807) is 12.4 Å². The molecule has 0 saturated heterocycles. The Kier molecular flexibility index (Phi) is 4.15. The maximum Gasteiger partial charge on any atom is 0.255 e. The highest BCUT2D eigenvalue weighted by Crippen LogP contribution is 2.19. The van der Waals surface area contributed by atoms with E-state index in [1.165, 1.54) is 5.69 Å². The second-order valence-electron chi connectivity index (χ2n) is 6.21. The Bertz CT molecular complexity index is 930. The molecule has 0 aromatic carbocycles. The third-order valence-corrected chi connectivity index (χ3v) is 4.63. The van der Waals surface area contributed by atoms with Gasteiger partial charge in [-0.3, -0.25) is 14.7 Å². The van der Waals surface area contributed by atoms with Crippen LogP contribution in [0.2, 0.25) is 0 Å². The molecule has 1 N–H and O–H groups in total. The number of hydrogen-bond donors (Lipinski definition) is 1. The van der Waals surface area contributed by atoms with Gasteiger partial charge < -0.3 is 9.55 Å². The number of H-pyrrole nitrogens is 1. The van der Waals surface area contributed by atoms with Gasteiger partial charge in [-0.15, -0.1) is 0 Å². The van der Waals surface area contributed by atoms with Crippen LogP contribution >= 0.6 is 0 Å². The Balaban J connectivity index is 1.59. The molecule has 128 valence electrons. The van der Waals surface area contributed by atoms with Crippen molar-refractivity contribution in [2.45, 2.75) is 33.0 Å². The Morgan fingerprint density at radius 2 is 2.08 bits per heavy atom. The van der Waals surface area contributed by atoms with E-state index >= 15 is 0 Å². The molecule has 0 radical (unpaired) electrons. The number of hydrogen-bond acceptors (Lipinski definition) is 5. The largest absolute Gasteiger partial charge is 0.334 e. The molecule has 3 aromatic heterocycles. The summed E-state index contributed by atoms with van der Waals surface area (Å²) in [5.41, 5.74) is 3.67. The van der Waals surface area contributed by atoms with Crippen LogP contribution in [-0.2, 0) is 26.1 Å². The Morgan fingerprint density at radius 3 is 2.88 bits per heavy atom. The first kappa shape index (κ1) is 15.7. The van der Waals surface area contributed by atoms with Crippen LogP contribution in [0.1, 0.15) is 23.9 Å². The molecule has 1 aliphatic rings.